The van der Waals surface area contributed by atoms with Crippen LogP contribution in [0.2, 0.25) is 0 Å². The van der Waals surface area contributed by atoms with E-state index in [9.17, 15) is 14.7 Å². The minimum atomic E-state index is -0.831. The lowest BCUT2D eigenvalue weighted by atomic mass is 10.1. The van der Waals surface area contributed by atoms with Crippen molar-refractivity contribution in [1.29, 1.82) is 0 Å². The number of benzene rings is 1. The Labute approximate surface area is 125 Å². The lowest BCUT2D eigenvalue weighted by Gasteiger charge is -2.28. The third-order valence-corrected chi connectivity index (χ3v) is 3.51. The van der Waals surface area contributed by atoms with Gasteiger partial charge in [-0.3, -0.25) is 9.59 Å². The lowest BCUT2D eigenvalue weighted by Crippen LogP contribution is -2.33. The SMILES string of the molecule is CCN(C(=O)CCCCC(=O)O)C(C)c1cccc(O)c1. The predicted octanol–water partition coefficient (Wildman–Crippen LogP) is 2.95. The van der Waals surface area contributed by atoms with Gasteiger partial charge in [0.15, 0.2) is 0 Å². The molecule has 0 aliphatic rings. The van der Waals surface area contributed by atoms with Gasteiger partial charge in [-0.15, -0.1) is 0 Å². The minimum absolute atomic E-state index is 0.0127. The lowest BCUT2D eigenvalue weighted by molar-refractivity contribution is -0.138. The molecule has 0 saturated heterocycles. The van der Waals surface area contributed by atoms with E-state index >= 15 is 0 Å². The molecule has 21 heavy (non-hydrogen) atoms. The van der Waals surface area contributed by atoms with Gasteiger partial charge in [-0.05, 0) is 44.4 Å². The van der Waals surface area contributed by atoms with Gasteiger partial charge in [-0.1, -0.05) is 12.1 Å². The van der Waals surface area contributed by atoms with Crippen molar-refractivity contribution in [3.05, 3.63) is 29.8 Å². The van der Waals surface area contributed by atoms with Crippen molar-refractivity contribution in [3.63, 3.8) is 0 Å². The largest absolute Gasteiger partial charge is 0.508 e. The Hall–Kier alpha value is -2.04. The van der Waals surface area contributed by atoms with Crippen molar-refractivity contribution < 1.29 is 19.8 Å². The molecule has 0 bridgehead atoms. The number of unbranched alkanes of at least 4 members (excludes halogenated alkanes) is 1. The van der Waals surface area contributed by atoms with Crippen molar-refractivity contribution >= 4 is 11.9 Å². The van der Waals surface area contributed by atoms with E-state index in [0.717, 1.165) is 5.56 Å². The number of carboxylic acid groups (broad SMARTS) is 1. The second-order valence-corrected chi connectivity index (χ2v) is 5.05. The number of phenolic OH excluding ortho intramolecular Hbond substituents is 1. The summed E-state index contributed by atoms with van der Waals surface area (Å²) in [5.41, 5.74) is 0.885. The molecule has 0 aliphatic heterocycles. The molecular formula is C16H23NO4. The van der Waals surface area contributed by atoms with Crippen molar-refractivity contribution in [3.8, 4) is 5.75 Å². The number of amides is 1. The quantitative estimate of drug-likeness (QED) is 0.722. The predicted molar refractivity (Wildman–Crippen MR) is 80.0 cm³/mol. The maximum Gasteiger partial charge on any atom is 0.303 e. The van der Waals surface area contributed by atoms with Crippen LogP contribution in [0.25, 0.3) is 0 Å². The molecule has 1 atom stereocenters. The Morgan fingerprint density at radius 2 is 1.90 bits per heavy atom. The van der Waals surface area contributed by atoms with Crippen LogP contribution in [0.4, 0.5) is 0 Å². The first-order chi connectivity index (χ1) is 9.95. The number of rotatable bonds is 8. The van der Waals surface area contributed by atoms with Gasteiger partial charge in [0.05, 0.1) is 6.04 Å². The molecule has 0 heterocycles. The van der Waals surface area contributed by atoms with E-state index in [1.54, 1.807) is 23.1 Å². The summed E-state index contributed by atoms with van der Waals surface area (Å²) in [6.45, 7) is 4.41. The highest BCUT2D eigenvalue weighted by atomic mass is 16.4. The van der Waals surface area contributed by atoms with E-state index in [1.165, 1.54) is 0 Å². The van der Waals surface area contributed by atoms with Gasteiger partial charge in [0.1, 0.15) is 5.75 Å². The molecule has 116 valence electrons. The van der Waals surface area contributed by atoms with Crippen molar-refractivity contribution in [2.75, 3.05) is 6.54 Å². The number of phenols is 1. The third-order valence-electron chi connectivity index (χ3n) is 3.51. The molecule has 1 amide bonds. The van der Waals surface area contributed by atoms with E-state index in [-0.39, 0.29) is 24.1 Å². The Morgan fingerprint density at radius 3 is 2.48 bits per heavy atom. The van der Waals surface area contributed by atoms with E-state index in [2.05, 4.69) is 0 Å². The molecule has 0 aliphatic carbocycles. The van der Waals surface area contributed by atoms with Crippen LogP contribution in [0.5, 0.6) is 5.75 Å². The standard InChI is InChI=1S/C16H23NO4/c1-3-17(15(19)9-4-5-10-16(20)21)12(2)13-7-6-8-14(18)11-13/h6-8,11-12,18H,3-5,9-10H2,1-2H3,(H,20,21). The summed E-state index contributed by atoms with van der Waals surface area (Å²) in [5, 5.41) is 18.1. The molecule has 1 aromatic rings. The van der Waals surface area contributed by atoms with Crippen LogP contribution >= 0.6 is 0 Å². The zero-order valence-corrected chi connectivity index (χ0v) is 12.6. The number of hydrogen-bond donors (Lipinski definition) is 2. The van der Waals surface area contributed by atoms with Crippen molar-refractivity contribution in [2.45, 2.75) is 45.6 Å². The molecule has 2 N–H and O–H groups in total. The first-order valence-corrected chi connectivity index (χ1v) is 7.26. The first-order valence-electron chi connectivity index (χ1n) is 7.26. The Balaban J connectivity index is 2.60. The molecule has 0 saturated carbocycles. The number of carboxylic acids is 1. The van der Waals surface area contributed by atoms with Crippen LogP contribution in [-0.2, 0) is 9.59 Å². The van der Waals surface area contributed by atoms with Crippen molar-refractivity contribution in [1.82, 2.24) is 4.90 Å². The fraction of sp³-hybridized carbons (Fsp3) is 0.500. The number of aromatic hydroxyl groups is 1. The highest BCUT2D eigenvalue weighted by molar-refractivity contribution is 5.76. The van der Waals surface area contributed by atoms with E-state index in [1.807, 2.05) is 19.9 Å². The van der Waals surface area contributed by atoms with Crippen LogP contribution in [0, 0.1) is 0 Å². The van der Waals surface area contributed by atoms with Gasteiger partial charge >= 0.3 is 5.97 Å². The topological polar surface area (TPSA) is 77.8 Å². The van der Waals surface area contributed by atoms with Crippen LogP contribution in [0.15, 0.2) is 24.3 Å². The molecule has 5 nitrogen and oxygen atoms in total. The van der Waals surface area contributed by atoms with Gasteiger partial charge in [-0.2, -0.15) is 0 Å². The number of nitrogens with zero attached hydrogens (tertiary/aromatic N) is 1. The zero-order chi connectivity index (χ0) is 15.8. The zero-order valence-electron chi connectivity index (χ0n) is 12.6. The summed E-state index contributed by atoms with van der Waals surface area (Å²) in [5.74, 6) is -0.633. The molecular weight excluding hydrogens is 270 g/mol. The highest BCUT2D eigenvalue weighted by Gasteiger charge is 2.19. The van der Waals surface area contributed by atoms with Crippen LogP contribution in [-0.4, -0.2) is 33.5 Å². The second kappa shape index (κ2) is 8.29. The maximum absolute atomic E-state index is 12.2. The smallest absolute Gasteiger partial charge is 0.303 e. The number of carbonyl (C=O) groups excluding carboxylic acids is 1. The summed E-state index contributed by atoms with van der Waals surface area (Å²) in [6.07, 6.45) is 1.54. The normalized spacial score (nSPS) is 11.9. The molecule has 1 unspecified atom stereocenters. The number of hydrogen-bond acceptors (Lipinski definition) is 3. The fourth-order valence-corrected chi connectivity index (χ4v) is 2.33. The van der Waals surface area contributed by atoms with E-state index in [4.69, 9.17) is 5.11 Å². The second-order valence-electron chi connectivity index (χ2n) is 5.05. The van der Waals surface area contributed by atoms with Gasteiger partial charge in [-0.25, -0.2) is 0 Å². The van der Waals surface area contributed by atoms with Gasteiger partial charge in [0.25, 0.3) is 0 Å². The number of aliphatic carboxylic acids is 1. The Bertz CT molecular complexity index is 487. The fourth-order valence-electron chi connectivity index (χ4n) is 2.33. The summed E-state index contributed by atoms with van der Waals surface area (Å²) in [7, 11) is 0. The van der Waals surface area contributed by atoms with Gasteiger partial charge < -0.3 is 15.1 Å². The Kier molecular flexibility index (Phi) is 6.72. The Morgan fingerprint density at radius 1 is 1.24 bits per heavy atom. The third kappa shape index (κ3) is 5.45. The summed E-state index contributed by atoms with van der Waals surface area (Å²) in [4.78, 5) is 24.4. The number of carbonyl (C=O) groups is 2. The van der Waals surface area contributed by atoms with Crippen LogP contribution in [0.1, 0.15) is 51.1 Å². The van der Waals surface area contributed by atoms with E-state index in [0.29, 0.717) is 25.8 Å². The van der Waals surface area contributed by atoms with E-state index < -0.39 is 5.97 Å². The monoisotopic (exact) mass is 293 g/mol. The first kappa shape index (κ1) is 17.0. The average molecular weight is 293 g/mol. The summed E-state index contributed by atoms with van der Waals surface area (Å²) in [6, 6.07) is 6.77. The molecule has 0 spiro atoms. The average Bonchev–Trinajstić information content (AvgIpc) is 2.44. The molecule has 0 radical (unpaired) electrons. The summed E-state index contributed by atoms with van der Waals surface area (Å²) >= 11 is 0. The molecule has 1 rings (SSSR count). The maximum atomic E-state index is 12.2. The van der Waals surface area contributed by atoms with Crippen molar-refractivity contribution in [2.24, 2.45) is 0 Å². The van der Waals surface area contributed by atoms with Crippen LogP contribution in [0.3, 0.4) is 0 Å². The van der Waals surface area contributed by atoms with Gasteiger partial charge in [0.2, 0.25) is 5.91 Å². The summed E-state index contributed by atoms with van der Waals surface area (Å²) < 4.78 is 0. The molecule has 5 heteroatoms. The molecule has 1 aromatic carbocycles. The minimum Gasteiger partial charge on any atom is -0.508 e. The highest BCUT2D eigenvalue weighted by Crippen LogP contribution is 2.24. The van der Waals surface area contributed by atoms with Gasteiger partial charge in [0, 0.05) is 19.4 Å². The molecule has 0 fully saturated rings. The molecule has 0 aromatic heterocycles. The van der Waals surface area contributed by atoms with Crippen LogP contribution < -0.4 is 0 Å².